The monoisotopic (exact) mass is 313 g/mol. The smallest absolute Gasteiger partial charge is 0.165 e. The molecule has 0 spiro atoms. The van der Waals surface area contributed by atoms with E-state index in [4.69, 9.17) is 15.2 Å². The van der Waals surface area contributed by atoms with Gasteiger partial charge >= 0.3 is 0 Å². The van der Waals surface area contributed by atoms with E-state index in [1.807, 2.05) is 35.8 Å². The van der Waals surface area contributed by atoms with Crippen LogP contribution >= 0.6 is 0 Å². The maximum atomic E-state index is 5.94. The van der Waals surface area contributed by atoms with Crippen LogP contribution in [0.3, 0.4) is 0 Å². The highest BCUT2D eigenvalue weighted by Gasteiger charge is 2.16. The van der Waals surface area contributed by atoms with Crippen LogP contribution in [0, 0.1) is 0 Å². The number of anilines is 1. The van der Waals surface area contributed by atoms with Gasteiger partial charge in [0.05, 0.1) is 13.7 Å². The number of nitrogens with two attached hydrogens (primary N) is 1. The first-order chi connectivity index (χ1) is 11.2. The normalized spacial score (nSPS) is 11.0. The van der Waals surface area contributed by atoms with Crippen LogP contribution in [0.15, 0.2) is 30.6 Å². The number of nitrogens with zero attached hydrogens (tertiary/aromatic N) is 4. The molecule has 120 valence electrons. The molecule has 0 saturated carbocycles. The maximum absolute atomic E-state index is 5.94. The van der Waals surface area contributed by atoms with Crippen LogP contribution in [0.2, 0.25) is 0 Å². The zero-order chi connectivity index (χ0) is 16.2. The number of rotatable bonds is 6. The lowest BCUT2D eigenvalue weighted by Crippen LogP contribution is -2.08. The molecule has 2 N–H and O–H groups in total. The molecule has 0 fully saturated rings. The van der Waals surface area contributed by atoms with E-state index in [1.54, 1.807) is 7.11 Å². The Labute approximate surface area is 134 Å². The van der Waals surface area contributed by atoms with E-state index in [-0.39, 0.29) is 0 Å². The fourth-order valence-corrected chi connectivity index (χ4v) is 2.45. The second kappa shape index (κ2) is 6.62. The highest BCUT2D eigenvalue weighted by molar-refractivity contribution is 5.85. The Hall–Kier alpha value is -2.67. The SMILES string of the molecule is CCOCCn1c(-c2cccc(OC)c2)nc2c(N)ncnc21. The van der Waals surface area contributed by atoms with E-state index in [0.29, 0.717) is 36.7 Å². The van der Waals surface area contributed by atoms with Crippen LogP contribution in [-0.4, -0.2) is 39.8 Å². The van der Waals surface area contributed by atoms with Gasteiger partial charge in [-0.3, -0.25) is 0 Å². The number of nitrogen functional groups attached to an aromatic ring is 1. The van der Waals surface area contributed by atoms with Gasteiger partial charge in [-0.05, 0) is 19.1 Å². The zero-order valence-corrected chi connectivity index (χ0v) is 13.2. The molecule has 2 aromatic heterocycles. The van der Waals surface area contributed by atoms with E-state index < -0.39 is 0 Å². The van der Waals surface area contributed by atoms with Gasteiger partial charge in [0.25, 0.3) is 0 Å². The van der Waals surface area contributed by atoms with Crippen molar-refractivity contribution in [1.82, 2.24) is 19.5 Å². The summed E-state index contributed by atoms with van der Waals surface area (Å²) in [4.78, 5) is 13.0. The first-order valence-electron chi connectivity index (χ1n) is 7.43. The Morgan fingerprint density at radius 3 is 2.91 bits per heavy atom. The third-order valence-electron chi connectivity index (χ3n) is 3.55. The van der Waals surface area contributed by atoms with Crippen molar-refractivity contribution in [2.24, 2.45) is 0 Å². The number of methoxy groups -OCH3 is 1. The minimum atomic E-state index is 0.370. The number of ether oxygens (including phenoxy) is 2. The molecule has 7 heteroatoms. The van der Waals surface area contributed by atoms with Crippen molar-refractivity contribution in [3.05, 3.63) is 30.6 Å². The van der Waals surface area contributed by atoms with Crippen LogP contribution in [-0.2, 0) is 11.3 Å². The lowest BCUT2D eigenvalue weighted by molar-refractivity contribution is 0.140. The highest BCUT2D eigenvalue weighted by Crippen LogP contribution is 2.27. The number of imidazole rings is 1. The third-order valence-corrected chi connectivity index (χ3v) is 3.55. The molecule has 23 heavy (non-hydrogen) atoms. The van der Waals surface area contributed by atoms with E-state index in [1.165, 1.54) is 6.33 Å². The Morgan fingerprint density at radius 2 is 2.13 bits per heavy atom. The molecule has 0 aliphatic carbocycles. The molecule has 0 amide bonds. The van der Waals surface area contributed by atoms with Crippen molar-refractivity contribution in [2.45, 2.75) is 13.5 Å². The Morgan fingerprint density at radius 1 is 1.26 bits per heavy atom. The number of fused-ring (bicyclic) bond motifs is 1. The van der Waals surface area contributed by atoms with Crippen LogP contribution in [0.5, 0.6) is 5.75 Å². The van der Waals surface area contributed by atoms with Crippen molar-refractivity contribution in [3.63, 3.8) is 0 Å². The summed E-state index contributed by atoms with van der Waals surface area (Å²) in [6, 6.07) is 7.73. The summed E-state index contributed by atoms with van der Waals surface area (Å²) < 4.78 is 12.8. The van der Waals surface area contributed by atoms with Gasteiger partial charge < -0.3 is 19.8 Å². The first kappa shape index (κ1) is 15.2. The van der Waals surface area contributed by atoms with Crippen LogP contribution < -0.4 is 10.5 Å². The van der Waals surface area contributed by atoms with Crippen LogP contribution in [0.4, 0.5) is 5.82 Å². The Kier molecular flexibility index (Phi) is 4.38. The van der Waals surface area contributed by atoms with Crippen molar-refractivity contribution >= 4 is 17.0 Å². The summed E-state index contributed by atoms with van der Waals surface area (Å²) in [5.41, 5.74) is 8.18. The average molecular weight is 313 g/mol. The summed E-state index contributed by atoms with van der Waals surface area (Å²) in [7, 11) is 1.64. The Bertz CT molecular complexity index is 815. The predicted octanol–water partition coefficient (Wildman–Crippen LogP) is 2.12. The van der Waals surface area contributed by atoms with Gasteiger partial charge in [0.2, 0.25) is 0 Å². The van der Waals surface area contributed by atoms with Gasteiger partial charge in [-0.15, -0.1) is 0 Å². The van der Waals surface area contributed by atoms with Gasteiger partial charge in [-0.25, -0.2) is 15.0 Å². The number of benzene rings is 1. The molecule has 0 atom stereocenters. The van der Waals surface area contributed by atoms with E-state index >= 15 is 0 Å². The minimum absolute atomic E-state index is 0.370. The summed E-state index contributed by atoms with van der Waals surface area (Å²) >= 11 is 0. The van der Waals surface area contributed by atoms with Gasteiger partial charge in [0.15, 0.2) is 17.0 Å². The second-order valence-corrected chi connectivity index (χ2v) is 4.95. The average Bonchev–Trinajstić information content (AvgIpc) is 2.95. The molecule has 0 bridgehead atoms. The van der Waals surface area contributed by atoms with Crippen molar-refractivity contribution < 1.29 is 9.47 Å². The molecule has 3 aromatic rings. The standard InChI is InChI=1S/C16H19N5O2/c1-3-23-8-7-21-15(11-5-4-6-12(9-11)22-2)20-13-14(17)18-10-19-16(13)21/h4-6,9-10H,3,7-8H2,1-2H3,(H2,17,18,19). The minimum Gasteiger partial charge on any atom is -0.497 e. The quantitative estimate of drug-likeness (QED) is 0.701. The topological polar surface area (TPSA) is 88.1 Å². The molecule has 0 unspecified atom stereocenters. The molecule has 7 nitrogen and oxygen atoms in total. The van der Waals surface area contributed by atoms with Crippen molar-refractivity contribution in [2.75, 3.05) is 26.1 Å². The molecular weight excluding hydrogens is 294 g/mol. The van der Waals surface area contributed by atoms with Crippen LogP contribution in [0.1, 0.15) is 6.92 Å². The van der Waals surface area contributed by atoms with Gasteiger partial charge in [0.1, 0.15) is 17.9 Å². The van der Waals surface area contributed by atoms with Crippen molar-refractivity contribution in [1.29, 1.82) is 0 Å². The maximum Gasteiger partial charge on any atom is 0.165 e. The van der Waals surface area contributed by atoms with Gasteiger partial charge in [-0.1, -0.05) is 12.1 Å². The largest absolute Gasteiger partial charge is 0.497 e. The molecule has 3 rings (SSSR count). The van der Waals surface area contributed by atoms with E-state index in [9.17, 15) is 0 Å². The number of aromatic nitrogens is 4. The third kappa shape index (κ3) is 2.95. The Balaban J connectivity index is 2.13. The van der Waals surface area contributed by atoms with Crippen LogP contribution in [0.25, 0.3) is 22.6 Å². The molecular formula is C16H19N5O2. The fraction of sp³-hybridized carbons (Fsp3) is 0.312. The first-order valence-corrected chi connectivity index (χ1v) is 7.43. The molecule has 0 saturated heterocycles. The second-order valence-electron chi connectivity index (χ2n) is 4.95. The van der Waals surface area contributed by atoms with E-state index in [0.717, 1.165) is 17.1 Å². The van der Waals surface area contributed by atoms with Gasteiger partial charge in [0, 0.05) is 18.7 Å². The number of hydrogen-bond acceptors (Lipinski definition) is 6. The summed E-state index contributed by atoms with van der Waals surface area (Å²) in [5.74, 6) is 1.91. The highest BCUT2D eigenvalue weighted by atomic mass is 16.5. The molecule has 0 radical (unpaired) electrons. The fourth-order valence-electron chi connectivity index (χ4n) is 2.45. The molecule has 0 aliphatic rings. The van der Waals surface area contributed by atoms with Crippen molar-refractivity contribution in [3.8, 4) is 17.1 Å². The molecule has 1 aromatic carbocycles. The summed E-state index contributed by atoms with van der Waals surface area (Å²) in [5, 5.41) is 0. The van der Waals surface area contributed by atoms with E-state index in [2.05, 4.69) is 15.0 Å². The lowest BCUT2D eigenvalue weighted by atomic mass is 10.2. The zero-order valence-electron chi connectivity index (χ0n) is 13.2. The molecule has 0 aliphatic heterocycles. The lowest BCUT2D eigenvalue weighted by Gasteiger charge is -2.09. The van der Waals surface area contributed by atoms with Gasteiger partial charge in [-0.2, -0.15) is 0 Å². The predicted molar refractivity (Wildman–Crippen MR) is 88.2 cm³/mol. The molecule has 2 heterocycles. The summed E-state index contributed by atoms with van der Waals surface area (Å²) in [6.45, 7) is 3.84. The summed E-state index contributed by atoms with van der Waals surface area (Å²) in [6.07, 6.45) is 1.45. The number of hydrogen-bond donors (Lipinski definition) is 1.